The number of fused-ring (bicyclic) bond motifs is 2. The minimum Gasteiger partial charge on any atom is -0.379 e. The number of ether oxygens (including phenoxy) is 1. The Bertz CT molecular complexity index is 1080. The van der Waals surface area contributed by atoms with Crippen molar-refractivity contribution in [2.45, 2.75) is 24.8 Å². The Morgan fingerprint density at radius 3 is 2.24 bits per heavy atom. The zero-order valence-electron chi connectivity index (χ0n) is 18.8. The lowest BCUT2D eigenvalue weighted by Gasteiger charge is -2.39. The highest BCUT2D eigenvalue weighted by molar-refractivity contribution is 6.42. The van der Waals surface area contributed by atoms with E-state index in [1.807, 2.05) is 29.2 Å². The smallest absolute Gasteiger partial charge is 0.237 e. The molecule has 3 aliphatic heterocycles. The van der Waals surface area contributed by atoms with Crippen LogP contribution in [0.4, 0.5) is 5.69 Å². The standard InChI is InChI=1S/C25H27Cl4N3O2/c26-18-2-1-17(20(27)13-18)16-31-5-3-25(4-6-31)19-14-21(28)22(29)15-23(19)32(24(25)33)8-7-30-9-11-34-12-10-30/h1-2,13-15H,3-12,16H2. The summed E-state index contributed by atoms with van der Waals surface area (Å²) in [7, 11) is 0. The lowest BCUT2D eigenvalue weighted by Crippen LogP contribution is -2.50. The fraction of sp³-hybridized carbons (Fsp3) is 0.480. The Morgan fingerprint density at radius 1 is 0.824 bits per heavy atom. The molecule has 0 N–H and O–H groups in total. The maximum atomic E-state index is 13.9. The van der Waals surface area contributed by atoms with E-state index in [0.717, 1.165) is 82.1 Å². The summed E-state index contributed by atoms with van der Waals surface area (Å²) in [4.78, 5) is 20.6. The van der Waals surface area contributed by atoms with Gasteiger partial charge < -0.3 is 9.64 Å². The van der Waals surface area contributed by atoms with Gasteiger partial charge in [-0.25, -0.2) is 0 Å². The van der Waals surface area contributed by atoms with Gasteiger partial charge in [0.25, 0.3) is 0 Å². The Morgan fingerprint density at radius 2 is 1.53 bits per heavy atom. The van der Waals surface area contributed by atoms with Crippen molar-refractivity contribution >= 4 is 58.0 Å². The van der Waals surface area contributed by atoms with E-state index in [9.17, 15) is 4.79 Å². The molecule has 34 heavy (non-hydrogen) atoms. The number of piperidine rings is 1. The van der Waals surface area contributed by atoms with Crippen molar-refractivity contribution < 1.29 is 9.53 Å². The Balaban J connectivity index is 1.35. The number of halogens is 4. The lowest BCUT2D eigenvalue weighted by molar-refractivity contribution is -0.125. The van der Waals surface area contributed by atoms with Crippen molar-refractivity contribution in [3.05, 3.63) is 61.5 Å². The second-order valence-electron chi connectivity index (χ2n) is 9.29. The molecule has 1 spiro atoms. The van der Waals surface area contributed by atoms with Gasteiger partial charge in [-0.3, -0.25) is 14.6 Å². The number of amides is 1. The van der Waals surface area contributed by atoms with Crippen LogP contribution in [0.15, 0.2) is 30.3 Å². The van der Waals surface area contributed by atoms with E-state index >= 15 is 0 Å². The van der Waals surface area contributed by atoms with Gasteiger partial charge in [-0.2, -0.15) is 0 Å². The largest absolute Gasteiger partial charge is 0.379 e. The molecule has 0 aromatic heterocycles. The molecule has 1 amide bonds. The number of likely N-dealkylation sites (tertiary alicyclic amines) is 1. The van der Waals surface area contributed by atoms with Gasteiger partial charge in [-0.05, 0) is 61.3 Å². The number of hydrogen-bond donors (Lipinski definition) is 0. The number of anilines is 1. The Labute approximate surface area is 220 Å². The quantitative estimate of drug-likeness (QED) is 0.499. The number of benzene rings is 2. The highest BCUT2D eigenvalue weighted by Crippen LogP contribution is 2.50. The molecule has 0 radical (unpaired) electrons. The van der Waals surface area contributed by atoms with Crippen molar-refractivity contribution in [2.75, 3.05) is 57.4 Å². The molecule has 0 bridgehead atoms. The first-order chi connectivity index (χ1) is 16.4. The number of hydrogen-bond acceptors (Lipinski definition) is 4. The van der Waals surface area contributed by atoms with E-state index < -0.39 is 5.41 Å². The number of carbonyl (C=O) groups excluding carboxylic acids is 1. The van der Waals surface area contributed by atoms with Crippen LogP contribution in [0.25, 0.3) is 0 Å². The van der Waals surface area contributed by atoms with Gasteiger partial charge in [-0.1, -0.05) is 52.5 Å². The molecular weight excluding hydrogens is 516 g/mol. The fourth-order valence-corrected chi connectivity index (χ4v) is 6.17. The van der Waals surface area contributed by atoms with Crippen LogP contribution >= 0.6 is 46.4 Å². The minimum atomic E-state index is -0.561. The number of rotatable bonds is 5. The molecule has 0 aliphatic carbocycles. The first kappa shape index (κ1) is 24.6. The molecule has 2 fully saturated rings. The topological polar surface area (TPSA) is 36.0 Å². The summed E-state index contributed by atoms with van der Waals surface area (Å²) < 4.78 is 5.46. The highest BCUT2D eigenvalue weighted by Gasteiger charge is 2.52. The molecule has 5 rings (SSSR count). The average Bonchev–Trinajstić information content (AvgIpc) is 3.03. The molecule has 3 heterocycles. The molecule has 2 saturated heterocycles. The third-order valence-corrected chi connectivity index (χ3v) is 8.67. The fourth-order valence-electron chi connectivity index (χ4n) is 5.38. The molecule has 0 atom stereocenters. The van der Waals surface area contributed by atoms with Gasteiger partial charge in [0, 0.05) is 48.5 Å². The molecule has 2 aromatic carbocycles. The summed E-state index contributed by atoms with van der Waals surface area (Å²) in [5.41, 5.74) is 2.40. The minimum absolute atomic E-state index is 0.165. The summed E-state index contributed by atoms with van der Waals surface area (Å²) >= 11 is 25.3. The maximum Gasteiger partial charge on any atom is 0.237 e. The van der Waals surface area contributed by atoms with Crippen LogP contribution in [0.2, 0.25) is 20.1 Å². The first-order valence-electron chi connectivity index (χ1n) is 11.7. The van der Waals surface area contributed by atoms with Gasteiger partial charge >= 0.3 is 0 Å². The van der Waals surface area contributed by atoms with Gasteiger partial charge in [0.15, 0.2) is 0 Å². The molecule has 0 unspecified atom stereocenters. The summed E-state index contributed by atoms with van der Waals surface area (Å²) in [5.74, 6) is 0.165. The Kier molecular flexibility index (Phi) is 7.34. The van der Waals surface area contributed by atoms with Crippen LogP contribution in [0.3, 0.4) is 0 Å². The molecule has 182 valence electrons. The highest BCUT2D eigenvalue weighted by atomic mass is 35.5. The van der Waals surface area contributed by atoms with Crippen LogP contribution in [-0.4, -0.2) is 68.2 Å². The van der Waals surface area contributed by atoms with Crippen LogP contribution in [0.1, 0.15) is 24.0 Å². The van der Waals surface area contributed by atoms with Gasteiger partial charge in [0.2, 0.25) is 5.91 Å². The maximum absolute atomic E-state index is 13.9. The molecule has 0 saturated carbocycles. The Hall–Kier alpha value is -1.05. The summed E-state index contributed by atoms with van der Waals surface area (Å²) in [5, 5.41) is 2.28. The second-order valence-corrected chi connectivity index (χ2v) is 10.9. The van der Waals surface area contributed by atoms with E-state index in [-0.39, 0.29) is 5.91 Å². The van der Waals surface area contributed by atoms with Crippen molar-refractivity contribution in [2.24, 2.45) is 0 Å². The van der Waals surface area contributed by atoms with Crippen LogP contribution in [-0.2, 0) is 21.5 Å². The second kappa shape index (κ2) is 10.1. The zero-order chi connectivity index (χ0) is 23.9. The predicted molar refractivity (Wildman–Crippen MR) is 139 cm³/mol. The molecule has 2 aromatic rings. The van der Waals surface area contributed by atoms with Crippen LogP contribution in [0, 0.1) is 0 Å². The van der Waals surface area contributed by atoms with Crippen molar-refractivity contribution in [3.63, 3.8) is 0 Å². The van der Waals surface area contributed by atoms with Crippen molar-refractivity contribution in [1.29, 1.82) is 0 Å². The molecule has 3 aliphatic rings. The van der Waals surface area contributed by atoms with E-state index in [2.05, 4.69) is 9.80 Å². The van der Waals surface area contributed by atoms with E-state index in [4.69, 9.17) is 51.1 Å². The molecule has 9 heteroatoms. The van der Waals surface area contributed by atoms with Crippen molar-refractivity contribution in [1.82, 2.24) is 9.80 Å². The van der Waals surface area contributed by atoms with Crippen LogP contribution in [0.5, 0.6) is 0 Å². The predicted octanol–water partition coefficient (Wildman–Crippen LogP) is 5.51. The van der Waals surface area contributed by atoms with Crippen molar-refractivity contribution in [3.8, 4) is 0 Å². The molecule has 5 nitrogen and oxygen atoms in total. The lowest BCUT2D eigenvalue weighted by atomic mass is 9.73. The normalized spacial score (nSPS) is 20.8. The monoisotopic (exact) mass is 541 g/mol. The van der Waals surface area contributed by atoms with E-state index in [1.54, 1.807) is 6.07 Å². The zero-order valence-corrected chi connectivity index (χ0v) is 21.9. The summed E-state index contributed by atoms with van der Waals surface area (Å²) in [6.07, 6.45) is 1.46. The van der Waals surface area contributed by atoms with Gasteiger partial charge in [-0.15, -0.1) is 0 Å². The van der Waals surface area contributed by atoms with Gasteiger partial charge in [0.05, 0.1) is 28.7 Å². The van der Waals surface area contributed by atoms with E-state index in [0.29, 0.717) is 26.6 Å². The third-order valence-electron chi connectivity index (χ3n) is 7.36. The average molecular weight is 543 g/mol. The molecular formula is C25H27Cl4N3O2. The number of carbonyl (C=O) groups is 1. The van der Waals surface area contributed by atoms with Crippen LogP contribution < -0.4 is 4.90 Å². The third kappa shape index (κ3) is 4.69. The number of morpholine rings is 1. The first-order valence-corrected chi connectivity index (χ1v) is 13.2. The SMILES string of the molecule is O=C1N(CCN2CCOCC2)c2cc(Cl)c(Cl)cc2C12CCN(Cc1ccc(Cl)cc1Cl)CC2. The summed E-state index contributed by atoms with van der Waals surface area (Å²) in [6.45, 7) is 7.03. The van der Waals surface area contributed by atoms with E-state index in [1.165, 1.54) is 0 Å². The number of nitrogens with zero attached hydrogens (tertiary/aromatic N) is 3. The van der Waals surface area contributed by atoms with Gasteiger partial charge in [0.1, 0.15) is 0 Å². The summed E-state index contributed by atoms with van der Waals surface area (Å²) in [6, 6.07) is 9.39.